The molecule has 1 heterocycles. The van der Waals surface area contributed by atoms with Crippen molar-refractivity contribution in [1.82, 2.24) is 5.32 Å². The van der Waals surface area contributed by atoms with Crippen LogP contribution in [0.4, 0.5) is 13.2 Å². The zero-order valence-corrected chi connectivity index (χ0v) is 22.8. The number of carboxylic acid groups (broad SMARTS) is 2. The van der Waals surface area contributed by atoms with E-state index in [1.807, 2.05) is 41.1 Å². The summed E-state index contributed by atoms with van der Waals surface area (Å²) >= 11 is 1.60. The van der Waals surface area contributed by atoms with Crippen molar-refractivity contribution in [3.8, 4) is 11.1 Å². The van der Waals surface area contributed by atoms with Crippen LogP contribution in [0.1, 0.15) is 23.8 Å². The van der Waals surface area contributed by atoms with E-state index in [9.17, 15) is 32.2 Å². The maximum atomic E-state index is 13.2. The summed E-state index contributed by atoms with van der Waals surface area (Å²) in [4.78, 5) is 43.8. The molecular weight excluding hydrogens is 572 g/mol. The van der Waals surface area contributed by atoms with Gasteiger partial charge in [-0.1, -0.05) is 54.6 Å². The fraction of sp³-hybridized carbons (Fsp3) is 0.269. The normalized spacial score (nSPS) is 14.9. The van der Waals surface area contributed by atoms with Gasteiger partial charge in [0.15, 0.2) is 0 Å². The molecule has 1 amide bonds. The maximum Gasteiger partial charge on any atom is 0.490 e. The van der Waals surface area contributed by atoms with Crippen LogP contribution in [0, 0.1) is 5.92 Å². The second-order valence-corrected chi connectivity index (χ2v) is 12.0. The van der Waals surface area contributed by atoms with E-state index in [-0.39, 0.29) is 12.6 Å². The number of alkyl halides is 3. The minimum Gasteiger partial charge on any atom is -0.480 e. The van der Waals surface area contributed by atoms with E-state index in [0.29, 0.717) is 5.56 Å². The number of nitrogens with two attached hydrogens (primary N) is 1. The topological polar surface area (TPSA) is 167 Å². The number of halogens is 3. The van der Waals surface area contributed by atoms with Crippen molar-refractivity contribution in [3.05, 3.63) is 82.6 Å². The van der Waals surface area contributed by atoms with Crippen LogP contribution in [-0.4, -0.2) is 51.3 Å². The van der Waals surface area contributed by atoms with Crippen molar-refractivity contribution in [1.29, 1.82) is 0 Å². The predicted molar refractivity (Wildman–Crippen MR) is 144 cm³/mol. The molecule has 0 bridgehead atoms. The minimum absolute atomic E-state index is 0.175. The molecule has 0 fully saturated rings. The van der Waals surface area contributed by atoms with Gasteiger partial charge < -0.3 is 26.2 Å². The molecule has 9 nitrogen and oxygen atoms in total. The average Bonchev–Trinajstić information content (AvgIpc) is 3.43. The second-order valence-electron chi connectivity index (χ2n) is 8.78. The molecular formula is C26H28F3N2O7PS. The van der Waals surface area contributed by atoms with Gasteiger partial charge in [0.1, 0.15) is 11.8 Å². The lowest BCUT2D eigenvalue weighted by atomic mass is 9.98. The Morgan fingerprint density at radius 3 is 2.05 bits per heavy atom. The molecule has 0 aliphatic carbocycles. The Bertz CT molecular complexity index is 1320. The third kappa shape index (κ3) is 9.91. The quantitative estimate of drug-likeness (QED) is 0.208. The Balaban J connectivity index is 0.000000708. The van der Waals surface area contributed by atoms with Crippen LogP contribution < -0.4 is 11.1 Å². The molecule has 0 aliphatic heterocycles. The van der Waals surface area contributed by atoms with Crippen LogP contribution in [0.5, 0.6) is 0 Å². The highest BCUT2D eigenvalue weighted by molar-refractivity contribution is 7.58. The van der Waals surface area contributed by atoms with Crippen LogP contribution in [0.3, 0.4) is 0 Å². The first-order valence-corrected chi connectivity index (χ1v) is 14.5. The Hall–Kier alpha value is -3.51. The third-order valence-electron chi connectivity index (χ3n) is 5.69. The first kappa shape index (κ1) is 32.7. The fourth-order valence-corrected chi connectivity index (χ4v) is 5.95. The predicted octanol–water partition coefficient (Wildman–Crippen LogP) is 4.72. The number of thiophene rings is 1. The number of carbonyl (C=O) groups is 3. The highest BCUT2D eigenvalue weighted by Gasteiger charge is 2.38. The molecule has 4 atom stereocenters. The molecule has 0 aliphatic rings. The van der Waals surface area contributed by atoms with Gasteiger partial charge in [-0.05, 0) is 52.4 Å². The van der Waals surface area contributed by atoms with Crippen LogP contribution in [0.15, 0.2) is 71.4 Å². The van der Waals surface area contributed by atoms with Crippen LogP contribution in [0.2, 0.25) is 0 Å². The fourth-order valence-electron chi connectivity index (χ4n) is 3.49. The number of hydrogen-bond donors (Lipinski definition) is 5. The molecule has 3 rings (SSSR count). The lowest BCUT2D eigenvalue weighted by Crippen LogP contribution is -2.43. The SMILES string of the molecule is C[C@H](NC(=O)[C@H](Cc1ccc(-c2ccsc2)cc1)CP(=O)(O)[C@@H](N)c1ccccc1)C(=O)O.O=C(O)C(F)(F)F. The standard InChI is InChI=1S/C24H27N2O5PS.C2HF3O2/c1-16(24(28)29)26-23(27)21(14-32(30,31)22(25)19-5-3-2-4-6-19)13-17-7-9-18(10-8-17)20-11-12-33-15-20;3-2(4,5)1(6)7/h2-12,15-16,21-22H,13-14,25H2,1H3,(H,26,27)(H,28,29)(H,30,31);(H,6,7)/t16-,21+,22+;/m0./s1. The lowest BCUT2D eigenvalue weighted by molar-refractivity contribution is -0.192. The van der Waals surface area contributed by atoms with Gasteiger partial charge in [-0.2, -0.15) is 24.5 Å². The number of carboxylic acids is 2. The largest absolute Gasteiger partial charge is 0.490 e. The van der Waals surface area contributed by atoms with E-state index in [4.69, 9.17) is 20.7 Å². The summed E-state index contributed by atoms with van der Waals surface area (Å²) in [5.74, 6) is -6.61. The van der Waals surface area contributed by atoms with Gasteiger partial charge in [-0.3, -0.25) is 14.2 Å². The van der Waals surface area contributed by atoms with Gasteiger partial charge in [0.2, 0.25) is 13.3 Å². The molecule has 0 saturated carbocycles. The van der Waals surface area contributed by atoms with Gasteiger partial charge in [0.25, 0.3) is 0 Å². The summed E-state index contributed by atoms with van der Waals surface area (Å²) in [6.07, 6.45) is -5.28. The van der Waals surface area contributed by atoms with Crippen molar-refractivity contribution < 1.29 is 47.2 Å². The highest BCUT2D eigenvalue weighted by Crippen LogP contribution is 2.54. The van der Waals surface area contributed by atoms with E-state index < -0.39 is 49.1 Å². The maximum absolute atomic E-state index is 13.2. The van der Waals surface area contributed by atoms with E-state index in [0.717, 1.165) is 16.7 Å². The summed E-state index contributed by atoms with van der Waals surface area (Å²) in [5, 5.41) is 22.7. The summed E-state index contributed by atoms with van der Waals surface area (Å²) < 4.78 is 44.9. The van der Waals surface area contributed by atoms with E-state index in [1.165, 1.54) is 6.92 Å². The third-order valence-corrected chi connectivity index (χ3v) is 8.51. The minimum atomic E-state index is -5.08. The Kier molecular flexibility index (Phi) is 11.6. The van der Waals surface area contributed by atoms with Gasteiger partial charge in [0, 0.05) is 6.16 Å². The zero-order chi connectivity index (χ0) is 30.1. The molecule has 0 spiro atoms. The summed E-state index contributed by atoms with van der Waals surface area (Å²) in [7, 11) is -4.00. The number of nitrogens with one attached hydrogen (secondary N) is 1. The average molecular weight is 601 g/mol. The summed E-state index contributed by atoms with van der Waals surface area (Å²) in [6.45, 7) is 1.35. The van der Waals surface area contributed by atoms with E-state index in [2.05, 4.69) is 5.32 Å². The number of amides is 1. The molecule has 6 N–H and O–H groups in total. The molecule has 3 aromatic rings. The van der Waals surface area contributed by atoms with Crippen molar-refractivity contribution in [2.75, 3.05) is 6.16 Å². The first-order valence-electron chi connectivity index (χ1n) is 11.7. The van der Waals surface area contributed by atoms with E-state index >= 15 is 0 Å². The van der Waals surface area contributed by atoms with Gasteiger partial charge >= 0.3 is 18.1 Å². The van der Waals surface area contributed by atoms with Crippen molar-refractivity contribution in [2.45, 2.75) is 31.3 Å². The molecule has 1 aromatic heterocycles. The van der Waals surface area contributed by atoms with Gasteiger partial charge in [-0.15, -0.1) is 0 Å². The van der Waals surface area contributed by atoms with Crippen molar-refractivity contribution >= 4 is 36.6 Å². The summed E-state index contributed by atoms with van der Waals surface area (Å²) in [5.41, 5.74) is 9.51. The molecule has 0 saturated heterocycles. The second kappa shape index (κ2) is 14.2. The first-order chi connectivity index (χ1) is 18.6. The molecule has 0 radical (unpaired) electrons. The van der Waals surface area contributed by atoms with Crippen molar-refractivity contribution in [2.24, 2.45) is 11.7 Å². The van der Waals surface area contributed by atoms with Crippen LogP contribution >= 0.6 is 18.7 Å². The Morgan fingerprint density at radius 1 is 1.00 bits per heavy atom. The molecule has 14 heteroatoms. The van der Waals surface area contributed by atoms with Crippen molar-refractivity contribution in [3.63, 3.8) is 0 Å². The monoisotopic (exact) mass is 600 g/mol. The van der Waals surface area contributed by atoms with Crippen LogP contribution in [-0.2, 0) is 25.4 Å². The highest BCUT2D eigenvalue weighted by atomic mass is 32.1. The Labute approximate surface area is 231 Å². The van der Waals surface area contributed by atoms with Gasteiger partial charge in [0.05, 0.1) is 5.92 Å². The van der Waals surface area contributed by atoms with Gasteiger partial charge in [-0.25, -0.2) is 4.79 Å². The molecule has 2 aromatic carbocycles. The zero-order valence-electron chi connectivity index (χ0n) is 21.1. The molecule has 1 unspecified atom stereocenters. The smallest absolute Gasteiger partial charge is 0.480 e. The van der Waals surface area contributed by atoms with E-state index in [1.54, 1.807) is 41.7 Å². The number of carbonyl (C=O) groups excluding carboxylic acids is 1. The number of hydrogen-bond acceptors (Lipinski definition) is 6. The summed E-state index contributed by atoms with van der Waals surface area (Å²) in [6, 6.07) is 17.0. The number of rotatable bonds is 10. The van der Waals surface area contributed by atoms with Crippen LogP contribution in [0.25, 0.3) is 11.1 Å². The molecule has 40 heavy (non-hydrogen) atoms. The Morgan fingerprint density at radius 2 is 1.57 bits per heavy atom. The number of aliphatic carboxylic acids is 2. The molecule has 216 valence electrons. The number of benzene rings is 2. The lowest BCUT2D eigenvalue weighted by Gasteiger charge is -2.25.